The zero-order chi connectivity index (χ0) is 17.5. The molecule has 1 aromatic heterocycles. The van der Waals surface area contributed by atoms with E-state index in [0.29, 0.717) is 13.2 Å². The summed E-state index contributed by atoms with van der Waals surface area (Å²) in [6.45, 7) is 6.20. The molecule has 0 bridgehead atoms. The molecule has 2 fully saturated rings. The van der Waals surface area contributed by atoms with E-state index in [4.69, 9.17) is 9.47 Å². The van der Waals surface area contributed by atoms with E-state index in [1.165, 1.54) is 0 Å². The Morgan fingerprint density at radius 1 is 1.35 bits per heavy atom. The van der Waals surface area contributed by atoms with Crippen molar-refractivity contribution in [3.05, 3.63) is 30.1 Å². The van der Waals surface area contributed by atoms with Gasteiger partial charge in [-0.1, -0.05) is 0 Å². The van der Waals surface area contributed by atoms with E-state index >= 15 is 0 Å². The monoisotopic (exact) mass is 476 g/mol. The molecular weight excluding hydrogens is 447 g/mol. The predicted octanol–water partition coefficient (Wildman–Crippen LogP) is 1.58. The van der Waals surface area contributed by atoms with Gasteiger partial charge in [-0.05, 0) is 37.5 Å². The summed E-state index contributed by atoms with van der Waals surface area (Å²) in [4.78, 5) is 10.8. The van der Waals surface area contributed by atoms with Gasteiger partial charge in [0.05, 0.1) is 25.4 Å². The molecule has 3 heterocycles. The standard InChI is InChI=1S/C18H28N4O3.HI/c1-2-20-18(21-12-15(23)14-5-7-19-8-6-14)22-9-11-25-17(13-22)16-4-3-10-24-16;/h5-8,15-17,23H,2-4,9-13H2,1H3,(H,20,21);1H. The molecule has 2 aliphatic heterocycles. The Labute approximate surface area is 172 Å². The van der Waals surface area contributed by atoms with E-state index in [1.54, 1.807) is 12.4 Å². The molecule has 0 aliphatic carbocycles. The molecule has 3 unspecified atom stereocenters. The fourth-order valence-corrected chi connectivity index (χ4v) is 3.28. The average molecular weight is 476 g/mol. The highest BCUT2D eigenvalue weighted by Crippen LogP contribution is 2.21. The summed E-state index contributed by atoms with van der Waals surface area (Å²) < 4.78 is 11.7. The smallest absolute Gasteiger partial charge is 0.194 e. The van der Waals surface area contributed by atoms with Crippen molar-refractivity contribution in [2.24, 2.45) is 4.99 Å². The second-order valence-corrected chi connectivity index (χ2v) is 6.40. The van der Waals surface area contributed by atoms with Crippen molar-refractivity contribution in [1.82, 2.24) is 15.2 Å². The number of pyridine rings is 1. The Balaban J connectivity index is 0.00000243. The van der Waals surface area contributed by atoms with Crippen LogP contribution >= 0.6 is 24.0 Å². The summed E-state index contributed by atoms with van der Waals surface area (Å²) in [7, 11) is 0. The molecule has 3 atom stereocenters. The van der Waals surface area contributed by atoms with Crippen molar-refractivity contribution < 1.29 is 14.6 Å². The minimum Gasteiger partial charge on any atom is -0.386 e. The average Bonchev–Trinajstić information content (AvgIpc) is 3.20. The van der Waals surface area contributed by atoms with Crippen LogP contribution in [0.15, 0.2) is 29.5 Å². The van der Waals surface area contributed by atoms with Crippen molar-refractivity contribution in [3.8, 4) is 0 Å². The molecule has 26 heavy (non-hydrogen) atoms. The Hall–Kier alpha value is -0.970. The van der Waals surface area contributed by atoms with Crippen molar-refractivity contribution in [1.29, 1.82) is 0 Å². The topological polar surface area (TPSA) is 79.2 Å². The lowest BCUT2D eigenvalue weighted by Crippen LogP contribution is -2.53. The van der Waals surface area contributed by atoms with E-state index in [0.717, 1.165) is 50.6 Å². The van der Waals surface area contributed by atoms with Gasteiger partial charge in [0.1, 0.15) is 6.10 Å². The Bertz CT molecular complexity index is 555. The second kappa shape index (κ2) is 11.0. The molecule has 2 saturated heterocycles. The number of rotatable bonds is 5. The second-order valence-electron chi connectivity index (χ2n) is 6.40. The van der Waals surface area contributed by atoms with Crippen LogP contribution in [0, 0.1) is 0 Å². The van der Waals surface area contributed by atoms with Crippen molar-refractivity contribution >= 4 is 29.9 Å². The number of ether oxygens (including phenoxy) is 2. The molecule has 1 aromatic rings. The Morgan fingerprint density at radius 2 is 2.12 bits per heavy atom. The summed E-state index contributed by atoms with van der Waals surface area (Å²) in [6, 6.07) is 3.63. The molecule has 0 aromatic carbocycles. The van der Waals surface area contributed by atoms with Crippen LogP contribution in [0.1, 0.15) is 31.4 Å². The molecule has 2 aliphatic rings. The number of aromatic nitrogens is 1. The first kappa shape index (κ1) is 21.3. The minimum atomic E-state index is -0.633. The van der Waals surface area contributed by atoms with E-state index < -0.39 is 6.10 Å². The number of aliphatic hydroxyl groups excluding tert-OH is 1. The lowest BCUT2D eigenvalue weighted by atomic mass is 10.1. The summed E-state index contributed by atoms with van der Waals surface area (Å²) in [5, 5.41) is 13.7. The van der Waals surface area contributed by atoms with E-state index in [9.17, 15) is 5.11 Å². The molecule has 0 spiro atoms. The first-order chi connectivity index (χ1) is 12.3. The molecule has 3 rings (SSSR count). The third kappa shape index (κ3) is 5.77. The molecule has 0 saturated carbocycles. The highest BCUT2D eigenvalue weighted by Gasteiger charge is 2.32. The maximum Gasteiger partial charge on any atom is 0.194 e. The zero-order valence-corrected chi connectivity index (χ0v) is 17.5. The lowest BCUT2D eigenvalue weighted by Gasteiger charge is -2.37. The zero-order valence-electron chi connectivity index (χ0n) is 15.2. The number of nitrogens with zero attached hydrogens (tertiary/aromatic N) is 3. The van der Waals surface area contributed by atoms with Crippen LogP contribution in [0.25, 0.3) is 0 Å². The number of halogens is 1. The van der Waals surface area contributed by atoms with Crippen LogP contribution in [-0.2, 0) is 9.47 Å². The van der Waals surface area contributed by atoms with Crippen LogP contribution in [0.5, 0.6) is 0 Å². The van der Waals surface area contributed by atoms with Crippen LogP contribution in [-0.4, -0.2) is 72.6 Å². The van der Waals surface area contributed by atoms with E-state index in [2.05, 4.69) is 20.2 Å². The molecule has 0 amide bonds. The molecule has 8 heteroatoms. The first-order valence-corrected chi connectivity index (χ1v) is 9.12. The summed E-state index contributed by atoms with van der Waals surface area (Å²) >= 11 is 0. The first-order valence-electron chi connectivity index (χ1n) is 9.12. The molecule has 146 valence electrons. The number of hydrogen-bond acceptors (Lipinski definition) is 5. The highest BCUT2D eigenvalue weighted by molar-refractivity contribution is 14.0. The maximum absolute atomic E-state index is 10.3. The third-order valence-electron chi connectivity index (χ3n) is 4.61. The third-order valence-corrected chi connectivity index (χ3v) is 4.61. The number of aliphatic imine (C=N–C) groups is 1. The maximum atomic E-state index is 10.3. The van der Waals surface area contributed by atoms with Crippen LogP contribution < -0.4 is 5.32 Å². The summed E-state index contributed by atoms with van der Waals surface area (Å²) in [6.07, 6.45) is 5.18. The summed E-state index contributed by atoms with van der Waals surface area (Å²) in [5.41, 5.74) is 0.828. The van der Waals surface area contributed by atoms with Gasteiger partial charge in [0.25, 0.3) is 0 Å². The normalized spacial score (nSPS) is 24.8. The van der Waals surface area contributed by atoms with Crippen LogP contribution in [0.3, 0.4) is 0 Å². The number of aliphatic hydroxyl groups is 1. The van der Waals surface area contributed by atoms with Crippen molar-refractivity contribution in [3.63, 3.8) is 0 Å². The number of nitrogens with one attached hydrogen (secondary N) is 1. The largest absolute Gasteiger partial charge is 0.386 e. The van der Waals surface area contributed by atoms with Crippen molar-refractivity contribution in [2.75, 3.05) is 39.4 Å². The number of morpholine rings is 1. The van der Waals surface area contributed by atoms with Crippen LogP contribution in [0.4, 0.5) is 0 Å². The SMILES string of the molecule is CCNC(=NCC(O)c1ccncc1)N1CCOC(C2CCCO2)C1.I. The Kier molecular flexibility index (Phi) is 9.03. The predicted molar refractivity (Wildman–Crippen MR) is 111 cm³/mol. The fraction of sp³-hybridized carbons (Fsp3) is 0.667. The fourth-order valence-electron chi connectivity index (χ4n) is 3.28. The molecule has 0 radical (unpaired) electrons. The molecule has 7 nitrogen and oxygen atoms in total. The van der Waals surface area contributed by atoms with Gasteiger partial charge < -0.3 is 24.8 Å². The Morgan fingerprint density at radius 3 is 2.81 bits per heavy atom. The van der Waals surface area contributed by atoms with Gasteiger partial charge in [0, 0.05) is 38.6 Å². The van der Waals surface area contributed by atoms with Crippen molar-refractivity contribution in [2.45, 2.75) is 38.1 Å². The van der Waals surface area contributed by atoms with E-state index in [-0.39, 0.29) is 36.2 Å². The van der Waals surface area contributed by atoms with Gasteiger partial charge in [-0.15, -0.1) is 24.0 Å². The quantitative estimate of drug-likeness (QED) is 0.382. The number of guanidine groups is 1. The van der Waals surface area contributed by atoms with Gasteiger partial charge in [-0.3, -0.25) is 9.98 Å². The minimum absolute atomic E-state index is 0. The van der Waals surface area contributed by atoms with Gasteiger partial charge >= 0.3 is 0 Å². The van der Waals surface area contributed by atoms with Gasteiger partial charge in [0.2, 0.25) is 0 Å². The molecule has 2 N–H and O–H groups in total. The molecular formula is C18H29IN4O3. The summed E-state index contributed by atoms with van der Waals surface area (Å²) in [5.74, 6) is 0.821. The van der Waals surface area contributed by atoms with Gasteiger partial charge in [0.15, 0.2) is 5.96 Å². The van der Waals surface area contributed by atoms with Gasteiger partial charge in [-0.25, -0.2) is 0 Å². The van der Waals surface area contributed by atoms with E-state index in [1.807, 2.05) is 19.1 Å². The van der Waals surface area contributed by atoms with Crippen LogP contribution in [0.2, 0.25) is 0 Å². The lowest BCUT2D eigenvalue weighted by molar-refractivity contribution is -0.0817. The number of hydrogen-bond donors (Lipinski definition) is 2. The van der Waals surface area contributed by atoms with Gasteiger partial charge in [-0.2, -0.15) is 0 Å². The highest BCUT2D eigenvalue weighted by atomic mass is 127.